The highest BCUT2D eigenvalue weighted by Gasteiger charge is 2.44. The third-order valence-electron chi connectivity index (χ3n) is 4.90. The largest absolute Gasteiger partial charge is 0.463 e. The molecule has 1 saturated heterocycles. The number of ether oxygens (including phenoxy) is 3. The molecule has 2 aliphatic carbocycles. The minimum atomic E-state index is -0.497. The Bertz CT molecular complexity index is 423. The number of aliphatic hydroxyl groups excluding tert-OH is 1. The predicted octanol–water partition coefficient (Wildman–Crippen LogP) is 1.19. The van der Waals surface area contributed by atoms with Crippen LogP contribution in [0.3, 0.4) is 0 Å². The molecule has 0 radical (unpaired) electrons. The van der Waals surface area contributed by atoms with Crippen molar-refractivity contribution in [3.05, 3.63) is 0 Å². The van der Waals surface area contributed by atoms with E-state index in [2.05, 4.69) is 0 Å². The van der Waals surface area contributed by atoms with Gasteiger partial charge >= 0.3 is 11.9 Å². The molecule has 0 aromatic heterocycles. The summed E-state index contributed by atoms with van der Waals surface area (Å²) in [7, 11) is 0. The molecular weight excluding hydrogens is 288 g/mol. The lowest BCUT2D eigenvalue weighted by Gasteiger charge is -2.24. The maximum Gasteiger partial charge on any atom is 0.344 e. The summed E-state index contributed by atoms with van der Waals surface area (Å²) >= 11 is 0. The van der Waals surface area contributed by atoms with Crippen molar-refractivity contribution >= 4 is 11.9 Å². The molecule has 6 heteroatoms. The number of esters is 2. The smallest absolute Gasteiger partial charge is 0.344 e. The zero-order valence-electron chi connectivity index (χ0n) is 12.7. The summed E-state index contributed by atoms with van der Waals surface area (Å²) in [6, 6.07) is 0. The van der Waals surface area contributed by atoms with Crippen molar-refractivity contribution < 1.29 is 28.9 Å². The lowest BCUT2D eigenvalue weighted by atomic mass is 9.87. The Labute approximate surface area is 130 Å². The van der Waals surface area contributed by atoms with Gasteiger partial charge in [0.15, 0.2) is 6.61 Å². The first-order chi connectivity index (χ1) is 10.6. The van der Waals surface area contributed by atoms with Crippen LogP contribution in [0.25, 0.3) is 0 Å². The number of rotatable bonds is 5. The minimum Gasteiger partial charge on any atom is -0.463 e. The number of hydrogen-bond donors (Lipinski definition) is 1. The summed E-state index contributed by atoms with van der Waals surface area (Å²) < 4.78 is 15.6. The van der Waals surface area contributed by atoms with Crippen molar-refractivity contribution in [3.63, 3.8) is 0 Å². The molecule has 5 unspecified atom stereocenters. The molecule has 0 spiro atoms. The lowest BCUT2D eigenvalue weighted by molar-refractivity contribution is -0.163. The Morgan fingerprint density at radius 1 is 1.05 bits per heavy atom. The van der Waals surface area contributed by atoms with Crippen LogP contribution >= 0.6 is 0 Å². The van der Waals surface area contributed by atoms with Gasteiger partial charge in [0.05, 0.1) is 30.8 Å². The second kappa shape index (κ2) is 6.96. The molecule has 5 atom stereocenters. The normalized spacial score (nSPS) is 37.0. The summed E-state index contributed by atoms with van der Waals surface area (Å²) in [6.07, 6.45) is 6.10. The topological polar surface area (TPSA) is 85.4 Å². The second-order valence-electron chi connectivity index (χ2n) is 6.70. The van der Waals surface area contributed by atoms with E-state index >= 15 is 0 Å². The average Bonchev–Trinajstić information content (AvgIpc) is 3.29. The Morgan fingerprint density at radius 2 is 1.91 bits per heavy atom. The number of epoxide rings is 1. The molecule has 1 heterocycles. The first kappa shape index (κ1) is 15.7. The van der Waals surface area contributed by atoms with E-state index in [1.165, 1.54) is 0 Å². The van der Waals surface area contributed by atoms with Crippen LogP contribution < -0.4 is 0 Å². The molecule has 1 N–H and O–H groups in total. The second-order valence-corrected chi connectivity index (χ2v) is 6.70. The maximum atomic E-state index is 11.8. The number of aliphatic hydroxyl groups is 1. The Kier molecular flexibility index (Phi) is 4.98. The van der Waals surface area contributed by atoms with Crippen LogP contribution in [0.15, 0.2) is 0 Å². The van der Waals surface area contributed by atoms with Crippen molar-refractivity contribution in [1.29, 1.82) is 0 Å². The summed E-state index contributed by atoms with van der Waals surface area (Å²) in [5.74, 6) is -0.832. The van der Waals surface area contributed by atoms with Gasteiger partial charge in [0.1, 0.15) is 0 Å². The van der Waals surface area contributed by atoms with E-state index in [1.54, 1.807) is 0 Å². The fourth-order valence-corrected chi connectivity index (χ4v) is 3.52. The Morgan fingerprint density at radius 3 is 2.68 bits per heavy atom. The minimum absolute atomic E-state index is 0.293. The zero-order valence-corrected chi connectivity index (χ0v) is 12.7. The summed E-state index contributed by atoms with van der Waals surface area (Å²) in [6.45, 7) is 0.0474. The van der Waals surface area contributed by atoms with E-state index in [9.17, 15) is 14.7 Å². The van der Waals surface area contributed by atoms with E-state index in [-0.39, 0.29) is 12.5 Å². The molecule has 3 rings (SSSR count). The monoisotopic (exact) mass is 312 g/mol. The van der Waals surface area contributed by atoms with Gasteiger partial charge in [-0.1, -0.05) is 6.42 Å². The zero-order chi connectivity index (χ0) is 15.5. The van der Waals surface area contributed by atoms with Crippen LogP contribution in [0, 0.1) is 11.8 Å². The molecule has 6 nitrogen and oxygen atoms in total. The van der Waals surface area contributed by atoms with E-state index in [1.807, 2.05) is 0 Å². The van der Waals surface area contributed by atoms with Gasteiger partial charge < -0.3 is 19.3 Å². The summed E-state index contributed by atoms with van der Waals surface area (Å²) in [4.78, 5) is 23.5. The van der Waals surface area contributed by atoms with Gasteiger partial charge in [0.2, 0.25) is 0 Å². The number of carbonyl (C=O) groups is 2. The molecule has 124 valence electrons. The fraction of sp³-hybridized carbons (Fsp3) is 0.875. The van der Waals surface area contributed by atoms with Crippen LogP contribution in [0.4, 0.5) is 0 Å². The van der Waals surface area contributed by atoms with Crippen LogP contribution in [-0.2, 0) is 23.8 Å². The van der Waals surface area contributed by atoms with Crippen molar-refractivity contribution in [3.8, 4) is 0 Å². The first-order valence-corrected chi connectivity index (χ1v) is 8.27. The summed E-state index contributed by atoms with van der Waals surface area (Å²) in [5, 5.41) is 9.55. The lowest BCUT2D eigenvalue weighted by Crippen LogP contribution is -2.29. The van der Waals surface area contributed by atoms with E-state index in [4.69, 9.17) is 14.2 Å². The average molecular weight is 312 g/mol. The van der Waals surface area contributed by atoms with Crippen molar-refractivity contribution in [1.82, 2.24) is 0 Å². The highest BCUT2D eigenvalue weighted by atomic mass is 16.6. The molecule has 0 bridgehead atoms. The van der Waals surface area contributed by atoms with E-state index in [0.29, 0.717) is 31.2 Å². The van der Waals surface area contributed by atoms with E-state index < -0.39 is 18.0 Å². The van der Waals surface area contributed by atoms with Crippen LogP contribution in [0.1, 0.15) is 44.9 Å². The van der Waals surface area contributed by atoms with Gasteiger partial charge in [-0.25, -0.2) is 4.79 Å². The third kappa shape index (κ3) is 4.20. The van der Waals surface area contributed by atoms with Crippen molar-refractivity contribution in [2.24, 2.45) is 11.8 Å². The van der Waals surface area contributed by atoms with Gasteiger partial charge in [0, 0.05) is 0 Å². The molecule has 0 aromatic carbocycles. The van der Waals surface area contributed by atoms with Crippen LogP contribution in [0.5, 0.6) is 0 Å². The first-order valence-electron chi connectivity index (χ1n) is 8.27. The molecule has 22 heavy (non-hydrogen) atoms. The van der Waals surface area contributed by atoms with Gasteiger partial charge in [-0.15, -0.1) is 0 Å². The molecule has 3 fully saturated rings. The van der Waals surface area contributed by atoms with Crippen molar-refractivity contribution in [2.75, 3.05) is 13.2 Å². The Hall–Kier alpha value is -1.14. The van der Waals surface area contributed by atoms with Crippen LogP contribution in [0.2, 0.25) is 0 Å². The number of fused-ring (bicyclic) bond motifs is 1. The molecule has 1 aliphatic heterocycles. The van der Waals surface area contributed by atoms with Crippen molar-refractivity contribution in [2.45, 2.75) is 63.3 Å². The quantitative estimate of drug-likeness (QED) is 0.606. The van der Waals surface area contributed by atoms with Crippen LogP contribution in [-0.4, -0.2) is 48.6 Å². The van der Waals surface area contributed by atoms with Gasteiger partial charge in [0.25, 0.3) is 0 Å². The molecule has 0 amide bonds. The number of hydrogen-bond acceptors (Lipinski definition) is 6. The van der Waals surface area contributed by atoms with Gasteiger partial charge in [-0.2, -0.15) is 0 Å². The molecule has 2 saturated carbocycles. The molecular formula is C16H24O6. The highest BCUT2D eigenvalue weighted by Crippen LogP contribution is 2.39. The Balaban J connectivity index is 1.30. The van der Waals surface area contributed by atoms with E-state index in [0.717, 1.165) is 38.5 Å². The molecule has 0 aromatic rings. The predicted molar refractivity (Wildman–Crippen MR) is 75.9 cm³/mol. The number of carbonyl (C=O) groups excluding carboxylic acids is 2. The summed E-state index contributed by atoms with van der Waals surface area (Å²) in [5.41, 5.74) is 0. The fourth-order valence-electron chi connectivity index (χ4n) is 3.52. The highest BCUT2D eigenvalue weighted by molar-refractivity contribution is 5.77. The SMILES string of the molecule is O=C(COC(=O)C1CCCC(O)C1)OCC1CCC2OC2C1. The van der Waals surface area contributed by atoms with Gasteiger partial charge in [-0.05, 0) is 44.4 Å². The third-order valence-corrected chi connectivity index (χ3v) is 4.90. The molecule has 3 aliphatic rings. The van der Waals surface area contributed by atoms with Gasteiger partial charge in [-0.3, -0.25) is 4.79 Å². The standard InChI is InChI=1S/C16H24O6/c17-12-3-1-2-11(7-12)16(19)21-9-15(18)20-8-10-4-5-13-14(6-10)22-13/h10-14,17H,1-9H2. The maximum absolute atomic E-state index is 11.8.